The molecule has 1 heterocycles. The van der Waals surface area contributed by atoms with Crippen LogP contribution in [0.2, 0.25) is 0 Å². The van der Waals surface area contributed by atoms with Gasteiger partial charge in [-0.3, -0.25) is 0 Å². The molecule has 2 rings (SSSR count). The van der Waals surface area contributed by atoms with E-state index in [0.29, 0.717) is 11.8 Å². The van der Waals surface area contributed by atoms with Gasteiger partial charge in [0.2, 0.25) is 0 Å². The average molecular weight is 234 g/mol. The van der Waals surface area contributed by atoms with Crippen molar-refractivity contribution in [1.82, 2.24) is 0 Å². The molecule has 1 aliphatic rings. The minimum Gasteiger partial charge on any atom is -0.493 e. The third-order valence-corrected chi connectivity index (χ3v) is 3.62. The zero-order chi connectivity index (χ0) is 12.3. The monoisotopic (exact) mass is 234 g/mol. The summed E-state index contributed by atoms with van der Waals surface area (Å²) in [6, 6.07) is 8.29. The van der Waals surface area contributed by atoms with Gasteiger partial charge in [-0.1, -0.05) is 38.5 Å². The largest absolute Gasteiger partial charge is 0.493 e. The first kappa shape index (κ1) is 12.4. The van der Waals surface area contributed by atoms with E-state index in [-0.39, 0.29) is 6.10 Å². The summed E-state index contributed by atoms with van der Waals surface area (Å²) < 4.78 is 5.65. The van der Waals surface area contributed by atoms with Crippen LogP contribution in [0.1, 0.15) is 44.6 Å². The molecule has 0 bridgehead atoms. The van der Waals surface area contributed by atoms with Crippen molar-refractivity contribution < 1.29 is 9.84 Å². The van der Waals surface area contributed by atoms with Crippen LogP contribution >= 0.6 is 0 Å². The molecule has 0 fully saturated rings. The van der Waals surface area contributed by atoms with Crippen molar-refractivity contribution >= 4 is 0 Å². The molecule has 0 aromatic heterocycles. The second-order valence-corrected chi connectivity index (χ2v) is 5.29. The number of aliphatic hydroxyl groups is 1. The maximum Gasteiger partial charge on any atom is 0.122 e. The van der Waals surface area contributed by atoms with Crippen LogP contribution in [0.4, 0.5) is 0 Å². The lowest BCUT2D eigenvalue weighted by Gasteiger charge is -2.15. The van der Waals surface area contributed by atoms with E-state index in [0.717, 1.165) is 31.6 Å². The van der Waals surface area contributed by atoms with E-state index in [4.69, 9.17) is 4.74 Å². The van der Waals surface area contributed by atoms with Crippen LogP contribution in [-0.4, -0.2) is 17.8 Å². The lowest BCUT2D eigenvalue weighted by Crippen LogP contribution is -2.14. The number of aliphatic hydroxyl groups excluding tert-OH is 1. The minimum atomic E-state index is -0.160. The van der Waals surface area contributed by atoms with Crippen molar-refractivity contribution in [2.45, 2.75) is 45.1 Å². The summed E-state index contributed by atoms with van der Waals surface area (Å²) in [6.45, 7) is 4.94. The van der Waals surface area contributed by atoms with Gasteiger partial charge in [-0.2, -0.15) is 0 Å². The van der Waals surface area contributed by atoms with Crippen molar-refractivity contribution in [3.05, 3.63) is 29.8 Å². The van der Waals surface area contributed by atoms with Crippen molar-refractivity contribution in [3.8, 4) is 5.75 Å². The average Bonchev–Trinajstić information content (AvgIpc) is 2.72. The van der Waals surface area contributed by atoms with Gasteiger partial charge in [0, 0.05) is 11.5 Å². The predicted octanol–water partition coefficient (Wildman–Crippen LogP) is 3.35. The maximum atomic E-state index is 9.76. The molecule has 0 spiro atoms. The van der Waals surface area contributed by atoms with Gasteiger partial charge in [0.05, 0.1) is 12.7 Å². The van der Waals surface area contributed by atoms with Gasteiger partial charge in [0.15, 0.2) is 0 Å². The fraction of sp³-hybridized carbons (Fsp3) is 0.600. The SMILES string of the molecule is CC(C)C(O)CCCC1COc2ccccc21. The molecular formula is C15H22O2. The Labute approximate surface area is 104 Å². The van der Waals surface area contributed by atoms with E-state index in [2.05, 4.69) is 26.0 Å². The number of rotatable bonds is 5. The van der Waals surface area contributed by atoms with Crippen molar-refractivity contribution in [2.24, 2.45) is 5.92 Å². The Bertz CT molecular complexity index is 360. The first-order chi connectivity index (χ1) is 8.18. The summed E-state index contributed by atoms with van der Waals surface area (Å²) in [6.07, 6.45) is 2.92. The second kappa shape index (κ2) is 5.54. The lowest BCUT2D eigenvalue weighted by molar-refractivity contribution is 0.112. The van der Waals surface area contributed by atoms with E-state index in [1.54, 1.807) is 0 Å². The number of para-hydroxylation sites is 1. The molecule has 0 amide bonds. The molecular weight excluding hydrogens is 212 g/mol. The Hall–Kier alpha value is -1.02. The van der Waals surface area contributed by atoms with E-state index < -0.39 is 0 Å². The first-order valence-electron chi connectivity index (χ1n) is 6.58. The highest BCUT2D eigenvalue weighted by Crippen LogP contribution is 2.36. The molecule has 0 saturated carbocycles. The first-order valence-corrected chi connectivity index (χ1v) is 6.58. The molecule has 1 aromatic carbocycles. The van der Waals surface area contributed by atoms with Crippen molar-refractivity contribution in [1.29, 1.82) is 0 Å². The van der Waals surface area contributed by atoms with Crippen LogP contribution in [0.5, 0.6) is 5.75 Å². The van der Waals surface area contributed by atoms with Crippen molar-refractivity contribution in [2.75, 3.05) is 6.61 Å². The number of ether oxygens (including phenoxy) is 1. The summed E-state index contributed by atoms with van der Waals surface area (Å²) in [7, 11) is 0. The molecule has 0 saturated heterocycles. The van der Waals surface area contributed by atoms with E-state index in [1.165, 1.54) is 5.56 Å². The van der Waals surface area contributed by atoms with Gasteiger partial charge in [-0.25, -0.2) is 0 Å². The van der Waals surface area contributed by atoms with Gasteiger partial charge in [-0.15, -0.1) is 0 Å². The van der Waals surface area contributed by atoms with Crippen LogP contribution in [-0.2, 0) is 0 Å². The molecule has 1 N–H and O–H groups in total. The van der Waals surface area contributed by atoms with Crippen LogP contribution in [0, 0.1) is 5.92 Å². The Kier molecular flexibility index (Phi) is 4.06. The molecule has 17 heavy (non-hydrogen) atoms. The molecule has 2 heteroatoms. The van der Waals surface area contributed by atoms with Gasteiger partial charge < -0.3 is 9.84 Å². The Balaban J connectivity index is 1.82. The number of hydrogen-bond donors (Lipinski definition) is 1. The van der Waals surface area contributed by atoms with E-state index >= 15 is 0 Å². The molecule has 0 aliphatic carbocycles. The van der Waals surface area contributed by atoms with E-state index in [1.807, 2.05) is 12.1 Å². The van der Waals surface area contributed by atoms with Gasteiger partial charge in [0.25, 0.3) is 0 Å². The van der Waals surface area contributed by atoms with Crippen LogP contribution in [0.25, 0.3) is 0 Å². The van der Waals surface area contributed by atoms with Gasteiger partial charge in [-0.05, 0) is 24.8 Å². The predicted molar refractivity (Wildman–Crippen MR) is 69.4 cm³/mol. The molecule has 2 atom stereocenters. The molecule has 1 aromatic rings. The summed E-state index contributed by atoms with van der Waals surface area (Å²) in [5, 5.41) is 9.76. The minimum absolute atomic E-state index is 0.160. The highest BCUT2D eigenvalue weighted by Gasteiger charge is 2.23. The zero-order valence-electron chi connectivity index (χ0n) is 10.7. The molecule has 0 radical (unpaired) electrons. The number of benzene rings is 1. The summed E-state index contributed by atoms with van der Waals surface area (Å²) in [4.78, 5) is 0. The Morgan fingerprint density at radius 1 is 1.35 bits per heavy atom. The quantitative estimate of drug-likeness (QED) is 0.846. The highest BCUT2D eigenvalue weighted by atomic mass is 16.5. The van der Waals surface area contributed by atoms with E-state index in [9.17, 15) is 5.11 Å². The van der Waals surface area contributed by atoms with Gasteiger partial charge >= 0.3 is 0 Å². The van der Waals surface area contributed by atoms with Crippen LogP contribution < -0.4 is 4.74 Å². The normalized spacial score (nSPS) is 20.1. The topological polar surface area (TPSA) is 29.5 Å². The van der Waals surface area contributed by atoms with Gasteiger partial charge in [0.1, 0.15) is 5.75 Å². The fourth-order valence-corrected chi connectivity index (χ4v) is 2.37. The maximum absolute atomic E-state index is 9.76. The number of hydrogen-bond acceptors (Lipinski definition) is 2. The zero-order valence-corrected chi connectivity index (χ0v) is 10.7. The summed E-state index contributed by atoms with van der Waals surface area (Å²) in [5.41, 5.74) is 1.34. The molecule has 94 valence electrons. The Morgan fingerprint density at radius 2 is 2.12 bits per heavy atom. The highest BCUT2D eigenvalue weighted by molar-refractivity contribution is 5.39. The van der Waals surface area contributed by atoms with Crippen LogP contribution in [0.15, 0.2) is 24.3 Å². The number of fused-ring (bicyclic) bond motifs is 1. The summed E-state index contributed by atoms with van der Waals surface area (Å²) in [5.74, 6) is 1.93. The third-order valence-electron chi connectivity index (χ3n) is 3.62. The third kappa shape index (κ3) is 3.01. The fourth-order valence-electron chi connectivity index (χ4n) is 2.37. The molecule has 2 unspecified atom stereocenters. The van der Waals surface area contributed by atoms with Crippen LogP contribution in [0.3, 0.4) is 0 Å². The second-order valence-electron chi connectivity index (χ2n) is 5.29. The molecule has 1 aliphatic heterocycles. The molecule has 2 nitrogen and oxygen atoms in total. The Morgan fingerprint density at radius 3 is 2.88 bits per heavy atom. The smallest absolute Gasteiger partial charge is 0.122 e. The lowest BCUT2D eigenvalue weighted by atomic mass is 9.93. The van der Waals surface area contributed by atoms with Crippen molar-refractivity contribution in [3.63, 3.8) is 0 Å². The summed E-state index contributed by atoms with van der Waals surface area (Å²) >= 11 is 0. The standard InChI is InChI=1S/C15H22O2/c1-11(2)14(16)8-5-6-12-10-17-15-9-4-3-7-13(12)15/h3-4,7,9,11-12,14,16H,5-6,8,10H2,1-2H3.